The van der Waals surface area contributed by atoms with E-state index in [1.165, 1.54) is 0 Å². The molecule has 4 nitrogen and oxygen atoms in total. The van der Waals surface area contributed by atoms with Crippen LogP contribution in [0.15, 0.2) is 24.5 Å². The lowest BCUT2D eigenvalue weighted by Crippen LogP contribution is -2.26. The molecule has 1 aromatic rings. The zero-order valence-corrected chi connectivity index (χ0v) is 11.1. The van der Waals surface area contributed by atoms with Crippen LogP contribution in [0.25, 0.3) is 0 Å². The van der Waals surface area contributed by atoms with E-state index in [9.17, 15) is 9.90 Å². The third-order valence-electron chi connectivity index (χ3n) is 2.80. The molecule has 100 valence electrons. The fourth-order valence-electron chi connectivity index (χ4n) is 1.68. The minimum Gasteiger partial charge on any atom is -0.466 e. The van der Waals surface area contributed by atoms with Crippen LogP contribution in [0.5, 0.6) is 0 Å². The molecule has 0 saturated heterocycles. The number of carbonyl (C=O) groups is 1. The summed E-state index contributed by atoms with van der Waals surface area (Å²) in [5.41, 5.74) is -0.534. The lowest BCUT2D eigenvalue weighted by molar-refractivity contribution is -0.149. The Morgan fingerprint density at radius 3 is 2.67 bits per heavy atom. The van der Waals surface area contributed by atoms with Crippen molar-refractivity contribution in [3.05, 3.63) is 30.1 Å². The van der Waals surface area contributed by atoms with Gasteiger partial charge in [-0.15, -0.1) is 0 Å². The molecule has 0 radical (unpaired) electrons. The van der Waals surface area contributed by atoms with E-state index in [4.69, 9.17) is 4.74 Å². The lowest BCUT2D eigenvalue weighted by Gasteiger charge is -2.22. The first-order valence-corrected chi connectivity index (χ1v) is 6.35. The second kappa shape index (κ2) is 7.11. The predicted octanol–water partition coefficient (Wildman–Crippen LogP) is 2.41. The number of unbranched alkanes of at least 4 members (excludes halogenated alkanes) is 2. The quantitative estimate of drug-likeness (QED) is 0.597. The van der Waals surface area contributed by atoms with Crippen molar-refractivity contribution in [1.82, 2.24) is 4.98 Å². The van der Waals surface area contributed by atoms with Crippen molar-refractivity contribution in [2.75, 3.05) is 6.61 Å². The van der Waals surface area contributed by atoms with Gasteiger partial charge in [0.15, 0.2) is 0 Å². The Labute approximate surface area is 108 Å². The standard InChI is InChI=1S/C14H21NO3/c1-3-4-5-10-18-13(16)11-14(2,17)12-6-8-15-9-7-12/h6-9,17H,3-5,10-11H2,1-2H3. The molecular formula is C14H21NO3. The van der Waals surface area contributed by atoms with E-state index in [0.29, 0.717) is 12.2 Å². The molecule has 0 aliphatic carbocycles. The molecular weight excluding hydrogens is 230 g/mol. The molecule has 1 N–H and O–H groups in total. The van der Waals surface area contributed by atoms with Crippen LogP contribution in [0.1, 0.15) is 45.1 Å². The molecule has 0 fully saturated rings. The van der Waals surface area contributed by atoms with Gasteiger partial charge in [-0.3, -0.25) is 9.78 Å². The molecule has 0 saturated carbocycles. The number of hydrogen-bond acceptors (Lipinski definition) is 4. The van der Waals surface area contributed by atoms with Crippen LogP contribution in [0, 0.1) is 0 Å². The average molecular weight is 251 g/mol. The van der Waals surface area contributed by atoms with Crippen molar-refractivity contribution in [3.63, 3.8) is 0 Å². The molecule has 1 aromatic heterocycles. The van der Waals surface area contributed by atoms with E-state index < -0.39 is 5.60 Å². The molecule has 1 rings (SSSR count). The smallest absolute Gasteiger partial charge is 0.309 e. The van der Waals surface area contributed by atoms with Crippen molar-refractivity contribution < 1.29 is 14.6 Å². The number of pyridine rings is 1. The van der Waals surface area contributed by atoms with Crippen molar-refractivity contribution in [2.24, 2.45) is 0 Å². The molecule has 4 heteroatoms. The fraction of sp³-hybridized carbons (Fsp3) is 0.571. The van der Waals surface area contributed by atoms with E-state index in [1.807, 2.05) is 0 Å². The van der Waals surface area contributed by atoms with Crippen LogP contribution in [0.3, 0.4) is 0 Å². The number of hydrogen-bond donors (Lipinski definition) is 1. The van der Waals surface area contributed by atoms with Gasteiger partial charge in [0.05, 0.1) is 18.6 Å². The Kier molecular flexibility index (Phi) is 5.78. The second-order valence-corrected chi connectivity index (χ2v) is 4.61. The van der Waals surface area contributed by atoms with E-state index in [1.54, 1.807) is 31.5 Å². The van der Waals surface area contributed by atoms with Crippen molar-refractivity contribution in [3.8, 4) is 0 Å². The van der Waals surface area contributed by atoms with E-state index in [2.05, 4.69) is 11.9 Å². The normalized spacial score (nSPS) is 13.9. The van der Waals surface area contributed by atoms with Gasteiger partial charge in [0.1, 0.15) is 0 Å². The zero-order chi connectivity index (χ0) is 13.4. The molecule has 0 spiro atoms. The van der Waals surface area contributed by atoms with Gasteiger partial charge >= 0.3 is 5.97 Å². The number of esters is 1. The molecule has 18 heavy (non-hydrogen) atoms. The molecule has 0 aliphatic rings. The maximum atomic E-state index is 11.6. The SMILES string of the molecule is CCCCCOC(=O)CC(C)(O)c1ccncc1. The number of aromatic nitrogens is 1. The van der Waals surface area contributed by atoms with Crippen molar-refractivity contribution in [2.45, 2.75) is 45.1 Å². The number of carbonyl (C=O) groups excluding carboxylic acids is 1. The van der Waals surface area contributed by atoms with Gasteiger partial charge in [0.25, 0.3) is 0 Å². The lowest BCUT2D eigenvalue weighted by atomic mass is 9.94. The summed E-state index contributed by atoms with van der Waals surface area (Å²) in [6.07, 6.45) is 6.16. The Balaban J connectivity index is 2.43. The van der Waals surface area contributed by atoms with Gasteiger partial charge < -0.3 is 9.84 Å². The summed E-state index contributed by atoms with van der Waals surface area (Å²) in [5.74, 6) is -0.368. The first-order valence-electron chi connectivity index (χ1n) is 6.35. The molecule has 0 aliphatic heterocycles. The largest absolute Gasteiger partial charge is 0.466 e. The predicted molar refractivity (Wildman–Crippen MR) is 68.9 cm³/mol. The Hall–Kier alpha value is -1.42. The summed E-state index contributed by atoms with van der Waals surface area (Å²) in [6, 6.07) is 3.40. The number of nitrogens with zero attached hydrogens (tertiary/aromatic N) is 1. The maximum Gasteiger partial charge on any atom is 0.309 e. The van der Waals surface area contributed by atoms with Gasteiger partial charge in [0.2, 0.25) is 0 Å². The summed E-state index contributed by atoms with van der Waals surface area (Å²) in [5, 5.41) is 10.2. The second-order valence-electron chi connectivity index (χ2n) is 4.61. The summed E-state index contributed by atoms with van der Waals surface area (Å²) in [6.45, 7) is 4.13. The highest BCUT2D eigenvalue weighted by molar-refractivity contribution is 5.71. The highest BCUT2D eigenvalue weighted by atomic mass is 16.5. The molecule has 0 amide bonds. The number of rotatable bonds is 7. The highest BCUT2D eigenvalue weighted by Gasteiger charge is 2.27. The third kappa shape index (κ3) is 4.84. The number of ether oxygens (including phenoxy) is 1. The topological polar surface area (TPSA) is 59.4 Å². The van der Waals surface area contributed by atoms with Gasteiger partial charge in [-0.2, -0.15) is 0 Å². The summed E-state index contributed by atoms with van der Waals surface area (Å²) < 4.78 is 5.09. The van der Waals surface area contributed by atoms with Crippen LogP contribution in [-0.4, -0.2) is 22.7 Å². The summed E-state index contributed by atoms with van der Waals surface area (Å²) in [4.78, 5) is 15.5. The van der Waals surface area contributed by atoms with Crippen LogP contribution >= 0.6 is 0 Å². The Bertz CT molecular complexity index is 363. The Morgan fingerprint density at radius 1 is 1.39 bits per heavy atom. The van der Waals surface area contributed by atoms with E-state index in [-0.39, 0.29) is 12.4 Å². The van der Waals surface area contributed by atoms with Gasteiger partial charge in [-0.1, -0.05) is 19.8 Å². The minimum absolute atomic E-state index is 0.0386. The monoisotopic (exact) mass is 251 g/mol. The van der Waals surface area contributed by atoms with E-state index in [0.717, 1.165) is 19.3 Å². The average Bonchev–Trinajstić information content (AvgIpc) is 2.35. The van der Waals surface area contributed by atoms with Crippen molar-refractivity contribution >= 4 is 5.97 Å². The van der Waals surface area contributed by atoms with Crippen LogP contribution in [0.4, 0.5) is 0 Å². The van der Waals surface area contributed by atoms with E-state index >= 15 is 0 Å². The molecule has 0 bridgehead atoms. The summed E-state index contributed by atoms with van der Waals surface area (Å²) >= 11 is 0. The fourth-order valence-corrected chi connectivity index (χ4v) is 1.68. The van der Waals surface area contributed by atoms with Crippen molar-refractivity contribution in [1.29, 1.82) is 0 Å². The minimum atomic E-state index is -1.20. The van der Waals surface area contributed by atoms with Gasteiger partial charge in [-0.05, 0) is 31.0 Å². The molecule has 1 atom stereocenters. The Morgan fingerprint density at radius 2 is 2.06 bits per heavy atom. The van der Waals surface area contributed by atoms with Gasteiger partial charge in [0, 0.05) is 12.4 Å². The zero-order valence-electron chi connectivity index (χ0n) is 11.1. The first-order chi connectivity index (χ1) is 8.56. The molecule has 0 aromatic carbocycles. The third-order valence-corrected chi connectivity index (χ3v) is 2.80. The van der Waals surface area contributed by atoms with Crippen LogP contribution in [-0.2, 0) is 15.1 Å². The highest BCUT2D eigenvalue weighted by Crippen LogP contribution is 2.24. The molecule has 1 unspecified atom stereocenters. The van der Waals surface area contributed by atoms with Crippen LogP contribution in [0.2, 0.25) is 0 Å². The van der Waals surface area contributed by atoms with Crippen LogP contribution < -0.4 is 0 Å². The first kappa shape index (κ1) is 14.6. The molecule has 1 heterocycles. The number of aliphatic hydroxyl groups is 1. The van der Waals surface area contributed by atoms with Gasteiger partial charge in [-0.25, -0.2) is 0 Å². The summed E-state index contributed by atoms with van der Waals surface area (Å²) in [7, 11) is 0. The maximum absolute atomic E-state index is 11.6.